The Balaban J connectivity index is 1.37. The molecule has 4 rings (SSSR count). The number of pyridine rings is 1. The molecule has 0 bridgehead atoms. The minimum Gasteiger partial charge on any atom is -0.305 e. The molecular weight excluding hydrogens is 318 g/mol. The molecular formula is C23H31N3. The lowest BCUT2D eigenvalue weighted by Crippen LogP contribution is -2.44. The fourth-order valence-corrected chi connectivity index (χ4v) is 4.30. The van der Waals surface area contributed by atoms with E-state index in [1.165, 1.54) is 67.6 Å². The molecule has 0 unspecified atom stereocenters. The van der Waals surface area contributed by atoms with Crippen LogP contribution in [0, 0.1) is 0 Å². The van der Waals surface area contributed by atoms with Crippen molar-refractivity contribution in [1.82, 2.24) is 14.8 Å². The standard InChI is InChI=1S/C23H31N3/c1-25(2)17-18-6-8-19(9-7-18)21-10-11-23(24-16-21)20-12-14-26(15-13-20)22-4-3-5-22/h6-11,16,20,22H,3-5,12-15,17H2,1-2H3. The Morgan fingerprint density at radius 1 is 0.923 bits per heavy atom. The molecule has 0 N–H and O–H groups in total. The van der Waals surface area contributed by atoms with E-state index in [1.807, 2.05) is 0 Å². The third kappa shape index (κ3) is 3.99. The molecule has 0 atom stereocenters. The number of piperidine rings is 1. The van der Waals surface area contributed by atoms with Gasteiger partial charge in [-0.15, -0.1) is 0 Å². The van der Waals surface area contributed by atoms with Crippen LogP contribution >= 0.6 is 0 Å². The number of nitrogens with zero attached hydrogens (tertiary/aromatic N) is 3. The van der Waals surface area contributed by atoms with Crippen LogP contribution in [-0.4, -0.2) is 48.0 Å². The first-order valence-corrected chi connectivity index (χ1v) is 10.1. The van der Waals surface area contributed by atoms with Gasteiger partial charge in [0.15, 0.2) is 0 Å². The SMILES string of the molecule is CN(C)Cc1ccc(-c2ccc(C3CCN(C4CCC4)CC3)nc2)cc1. The van der Waals surface area contributed by atoms with Gasteiger partial charge in [-0.2, -0.15) is 0 Å². The minimum absolute atomic E-state index is 0.642. The number of hydrogen-bond acceptors (Lipinski definition) is 3. The van der Waals surface area contributed by atoms with E-state index in [2.05, 4.69) is 66.5 Å². The van der Waals surface area contributed by atoms with Gasteiger partial charge in [-0.1, -0.05) is 36.8 Å². The first-order valence-electron chi connectivity index (χ1n) is 10.1. The van der Waals surface area contributed by atoms with E-state index in [0.717, 1.165) is 12.6 Å². The van der Waals surface area contributed by atoms with Gasteiger partial charge in [0.25, 0.3) is 0 Å². The average molecular weight is 350 g/mol. The van der Waals surface area contributed by atoms with Crippen molar-refractivity contribution >= 4 is 0 Å². The Hall–Kier alpha value is -1.71. The highest BCUT2D eigenvalue weighted by Crippen LogP contribution is 2.33. The predicted octanol–water partition coefficient (Wildman–Crippen LogP) is 4.54. The van der Waals surface area contributed by atoms with Crippen LogP contribution in [0.15, 0.2) is 42.6 Å². The van der Waals surface area contributed by atoms with Crippen molar-refractivity contribution in [2.24, 2.45) is 0 Å². The van der Waals surface area contributed by atoms with Crippen molar-refractivity contribution in [3.8, 4) is 11.1 Å². The largest absolute Gasteiger partial charge is 0.305 e. The van der Waals surface area contributed by atoms with Crippen LogP contribution in [0.2, 0.25) is 0 Å². The Bertz CT molecular complexity index is 693. The Labute approximate surface area is 158 Å². The molecule has 138 valence electrons. The Morgan fingerprint density at radius 3 is 2.15 bits per heavy atom. The smallest absolute Gasteiger partial charge is 0.0435 e. The van der Waals surface area contributed by atoms with Gasteiger partial charge < -0.3 is 9.80 Å². The van der Waals surface area contributed by atoms with Gasteiger partial charge in [0.1, 0.15) is 0 Å². The van der Waals surface area contributed by atoms with E-state index in [9.17, 15) is 0 Å². The monoisotopic (exact) mass is 349 g/mol. The van der Waals surface area contributed by atoms with Crippen LogP contribution in [0.1, 0.15) is 49.3 Å². The summed E-state index contributed by atoms with van der Waals surface area (Å²) in [6.07, 6.45) is 8.87. The molecule has 1 aliphatic heterocycles. The van der Waals surface area contributed by atoms with Crippen LogP contribution in [0.25, 0.3) is 11.1 Å². The highest BCUT2D eigenvalue weighted by atomic mass is 15.2. The summed E-state index contributed by atoms with van der Waals surface area (Å²) < 4.78 is 0. The van der Waals surface area contributed by atoms with Gasteiger partial charge in [-0.25, -0.2) is 0 Å². The summed E-state index contributed by atoms with van der Waals surface area (Å²) in [5.41, 5.74) is 5.11. The molecule has 1 saturated heterocycles. The minimum atomic E-state index is 0.642. The topological polar surface area (TPSA) is 19.4 Å². The number of hydrogen-bond donors (Lipinski definition) is 0. The quantitative estimate of drug-likeness (QED) is 0.790. The summed E-state index contributed by atoms with van der Waals surface area (Å²) >= 11 is 0. The summed E-state index contributed by atoms with van der Waals surface area (Å²) in [5, 5.41) is 0. The number of benzene rings is 1. The lowest BCUT2D eigenvalue weighted by atomic mass is 9.86. The van der Waals surface area contributed by atoms with Crippen molar-refractivity contribution in [1.29, 1.82) is 0 Å². The lowest BCUT2D eigenvalue weighted by Gasteiger charge is -2.41. The van der Waals surface area contributed by atoms with Crippen LogP contribution in [0.5, 0.6) is 0 Å². The number of aromatic nitrogens is 1. The molecule has 1 aliphatic carbocycles. The van der Waals surface area contributed by atoms with Crippen LogP contribution in [0.3, 0.4) is 0 Å². The highest BCUT2D eigenvalue weighted by molar-refractivity contribution is 5.62. The highest BCUT2D eigenvalue weighted by Gasteiger charge is 2.29. The van der Waals surface area contributed by atoms with Crippen molar-refractivity contribution in [2.75, 3.05) is 27.2 Å². The third-order valence-corrected chi connectivity index (χ3v) is 6.11. The molecule has 0 radical (unpaired) electrons. The predicted molar refractivity (Wildman–Crippen MR) is 108 cm³/mol. The third-order valence-electron chi connectivity index (χ3n) is 6.11. The summed E-state index contributed by atoms with van der Waals surface area (Å²) in [4.78, 5) is 9.73. The Morgan fingerprint density at radius 2 is 1.62 bits per heavy atom. The van der Waals surface area contributed by atoms with Crippen molar-refractivity contribution in [3.63, 3.8) is 0 Å². The zero-order valence-electron chi connectivity index (χ0n) is 16.2. The fraction of sp³-hybridized carbons (Fsp3) is 0.522. The molecule has 26 heavy (non-hydrogen) atoms. The first-order chi connectivity index (χ1) is 12.7. The average Bonchev–Trinajstić information content (AvgIpc) is 2.61. The second-order valence-corrected chi connectivity index (χ2v) is 8.30. The molecule has 2 fully saturated rings. The van der Waals surface area contributed by atoms with Crippen LogP contribution in [0.4, 0.5) is 0 Å². The molecule has 2 aliphatic rings. The van der Waals surface area contributed by atoms with Gasteiger partial charge in [-0.3, -0.25) is 4.98 Å². The number of rotatable bonds is 5. The summed E-state index contributed by atoms with van der Waals surface area (Å²) in [6, 6.07) is 14.3. The fourth-order valence-electron chi connectivity index (χ4n) is 4.30. The van der Waals surface area contributed by atoms with Crippen LogP contribution < -0.4 is 0 Å². The maximum absolute atomic E-state index is 4.83. The van der Waals surface area contributed by atoms with Crippen molar-refractivity contribution < 1.29 is 0 Å². The summed E-state index contributed by atoms with van der Waals surface area (Å²) in [5.74, 6) is 0.642. The molecule has 1 aromatic carbocycles. The van der Waals surface area contributed by atoms with Gasteiger partial charge in [0.2, 0.25) is 0 Å². The van der Waals surface area contributed by atoms with Crippen molar-refractivity contribution in [2.45, 2.75) is 50.6 Å². The molecule has 2 heterocycles. The lowest BCUT2D eigenvalue weighted by molar-refractivity contribution is 0.0970. The van der Waals surface area contributed by atoms with E-state index in [1.54, 1.807) is 0 Å². The molecule has 1 saturated carbocycles. The van der Waals surface area contributed by atoms with Gasteiger partial charge in [0.05, 0.1) is 0 Å². The van der Waals surface area contributed by atoms with Gasteiger partial charge in [-0.05, 0) is 70.1 Å². The zero-order valence-corrected chi connectivity index (χ0v) is 16.2. The van der Waals surface area contributed by atoms with Crippen LogP contribution in [-0.2, 0) is 6.54 Å². The molecule has 3 heteroatoms. The summed E-state index contributed by atoms with van der Waals surface area (Å²) in [7, 11) is 4.21. The molecule has 0 spiro atoms. The Kier molecular flexibility index (Phi) is 5.37. The zero-order chi connectivity index (χ0) is 17.9. The van der Waals surface area contributed by atoms with Gasteiger partial charge in [0, 0.05) is 36.0 Å². The molecule has 2 aromatic rings. The van der Waals surface area contributed by atoms with Crippen molar-refractivity contribution in [3.05, 3.63) is 53.9 Å². The van der Waals surface area contributed by atoms with E-state index in [4.69, 9.17) is 4.98 Å². The second kappa shape index (κ2) is 7.89. The van der Waals surface area contributed by atoms with E-state index < -0.39 is 0 Å². The number of likely N-dealkylation sites (tertiary alicyclic amines) is 1. The maximum atomic E-state index is 4.83. The first kappa shape index (κ1) is 17.7. The van der Waals surface area contributed by atoms with Gasteiger partial charge >= 0.3 is 0 Å². The molecule has 3 nitrogen and oxygen atoms in total. The molecule has 1 aromatic heterocycles. The van der Waals surface area contributed by atoms with E-state index >= 15 is 0 Å². The van der Waals surface area contributed by atoms with E-state index in [-0.39, 0.29) is 0 Å². The summed E-state index contributed by atoms with van der Waals surface area (Å²) in [6.45, 7) is 3.50. The second-order valence-electron chi connectivity index (χ2n) is 8.30. The van der Waals surface area contributed by atoms with E-state index in [0.29, 0.717) is 5.92 Å². The normalized spacial score (nSPS) is 19.7. The molecule has 0 amide bonds. The maximum Gasteiger partial charge on any atom is 0.0435 e.